The van der Waals surface area contributed by atoms with Crippen LogP contribution in [0.3, 0.4) is 0 Å². The smallest absolute Gasteiger partial charge is 0.338 e. The molecule has 0 aliphatic carbocycles. The van der Waals surface area contributed by atoms with Crippen LogP contribution in [-0.2, 0) is 14.3 Å². The van der Waals surface area contributed by atoms with Gasteiger partial charge in [-0.25, -0.2) is 4.79 Å². The summed E-state index contributed by atoms with van der Waals surface area (Å²) in [6.07, 6.45) is 0. The quantitative estimate of drug-likeness (QED) is 0.406. The Kier molecular flexibility index (Phi) is 7.32. The summed E-state index contributed by atoms with van der Waals surface area (Å²) in [5.41, 5.74) is -0.462. The molecule has 0 bridgehead atoms. The molecule has 0 saturated carbocycles. The predicted molar refractivity (Wildman–Crippen MR) is 86.3 cm³/mol. The fourth-order valence-electron chi connectivity index (χ4n) is 1.77. The average Bonchev–Trinajstić information content (AvgIpc) is 2.59. The number of benzene rings is 1. The van der Waals surface area contributed by atoms with Crippen LogP contribution in [0, 0.1) is 10.1 Å². The first-order valence-corrected chi connectivity index (χ1v) is 7.33. The van der Waals surface area contributed by atoms with Crippen molar-refractivity contribution >= 4 is 23.5 Å². The van der Waals surface area contributed by atoms with Gasteiger partial charge in [0.05, 0.1) is 23.6 Å². The Morgan fingerprint density at radius 2 is 2.00 bits per heavy atom. The van der Waals surface area contributed by atoms with Gasteiger partial charge < -0.3 is 19.7 Å². The third-order valence-corrected chi connectivity index (χ3v) is 3.10. The fraction of sp³-hybridized carbons (Fsp3) is 0.400. The number of hydrogen-bond acceptors (Lipinski definition) is 7. The molecular formula is C15H19N3O7. The molecule has 10 nitrogen and oxygen atoms in total. The Balaban J connectivity index is 2.74. The topological polar surface area (TPSA) is 128 Å². The van der Waals surface area contributed by atoms with Gasteiger partial charge in [-0.3, -0.25) is 19.7 Å². The zero-order chi connectivity index (χ0) is 19.0. The number of ether oxygens (including phenoxy) is 2. The molecule has 0 aliphatic rings. The molecule has 0 unspecified atom stereocenters. The second-order valence-corrected chi connectivity index (χ2v) is 4.87. The number of hydrogen-bond donors (Lipinski definition) is 1. The van der Waals surface area contributed by atoms with Gasteiger partial charge in [-0.15, -0.1) is 0 Å². The van der Waals surface area contributed by atoms with E-state index in [2.05, 4.69) is 5.32 Å². The van der Waals surface area contributed by atoms with Gasteiger partial charge in [0, 0.05) is 20.2 Å². The number of esters is 1. The summed E-state index contributed by atoms with van der Waals surface area (Å²) < 4.78 is 9.95. The molecule has 10 heteroatoms. The van der Waals surface area contributed by atoms with Gasteiger partial charge in [-0.2, -0.15) is 0 Å². The first-order valence-electron chi connectivity index (χ1n) is 7.33. The maximum Gasteiger partial charge on any atom is 0.338 e. The minimum absolute atomic E-state index is 0.0328. The Labute approximate surface area is 143 Å². The normalized spacial score (nSPS) is 9.88. The van der Waals surface area contributed by atoms with Crippen molar-refractivity contribution in [3.8, 4) is 5.75 Å². The van der Waals surface area contributed by atoms with E-state index >= 15 is 0 Å². The Morgan fingerprint density at radius 1 is 1.32 bits per heavy atom. The fourth-order valence-corrected chi connectivity index (χ4v) is 1.77. The summed E-state index contributed by atoms with van der Waals surface area (Å²) in [6, 6.07) is 3.61. The predicted octanol–water partition coefficient (Wildman–Crippen LogP) is 0.355. The highest BCUT2D eigenvalue weighted by atomic mass is 16.6. The summed E-state index contributed by atoms with van der Waals surface area (Å²) in [7, 11) is 2.81. The van der Waals surface area contributed by atoms with Crippen molar-refractivity contribution in [2.45, 2.75) is 6.92 Å². The Bertz CT molecular complexity index is 675. The molecule has 2 amide bonds. The van der Waals surface area contributed by atoms with E-state index in [4.69, 9.17) is 9.47 Å². The minimum atomic E-state index is -0.896. The van der Waals surface area contributed by atoms with Crippen LogP contribution < -0.4 is 10.1 Å². The largest absolute Gasteiger partial charge is 0.487 e. The standard InChI is InChI=1S/C15H19N3O7/c1-4-24-12-6-5-10(7-11(12)18(22)23)15(21)25-9-14(20)17(3)8-13(19)16-2/h5-7H,4,8-9H2,1-3H3,(H,16,19). The number of nitrogens with zero attached hydrogens (tertiary/aromatic N) is 2. The number of rotatable bonds is 8. The van der Waals surface area contributed by atoms with Gasteiger partial charge in [0.1, 0.15) is 0 Å². The highest BCUT2D eigenvalue weighted by molar-refractivity contribution is 5.92. The lowest BCUT2D eigenvalue weighted by molar-refractivity contribution is -0.385. The van der Waals surface area contributed by atoms with Crippen LogP contribution in [0.1, 0.15) is 17.3 Å². The van der Waals surface area contributed by atoms with E-state index in [-0.39, 0.29) is 36.1 Å². The molecule has 0 fully saturated rings. The van der Waals surface area contributed by atoms with Crippen LogP contribution in [-0.4, -0.2) is 61.5 Å². The number of nitrogens with one attached hydrogen (secondary N) is 1. The van der Waals surface area contributed by atoms with Crippen LogP contribution in [0.25, 0.3) is 0 Å². The van der Waals surface area contributed by atoms with Crippen molar-refractivity contribution in [3.63, 3.8) is 0 Å². The maximum atomic E-state index is 12.0. The molecule has 0 spiro atoms. The van der Waals surface area contributed by atoms with Crippen molar-refractivity contribution in [3.05, 3.63) is 33.9 Å². The summed E-state index contributed by atoms with van der Waals surface area (Å²) in [5, 5.41) is 13.4. The van der Waals surface area contributed by atoms with Crippen LogP contribution in [0.2, 0.25) is 0 Å². The molecule has 0 aliphatic heterocycles. The molecule has 0 heterocycles. The number of carbonyl (C=O) groups excluding carboxylic acids is 3. The number of nitro groups is 1. The first-order chi connectivity index (χ1) is 11.8. The molecule has 136 valence electrons. The summed E-state index contributed by atoms with van der Waals surface area (Å²) in [6.45, 7) is 1.14. The number of carbonyl (C=O) groups is 3. The third-order valence-electron chi connectivity index (χ3n) is 3.10. The maximum absolute atomic E-state index is 12.0. The molecule has 0 saturated heterocycles. The summed E-state index contributed by atoms with van der Waals surface area (Å²) in [4.78, 5) is 46.4. The highest BCUT2D eigenvalue weighted by Gasteiger charge is 2.20. The van der Waals surface area contributed by atoms with Crippen molar-refractivity contribution in [2.75, 3.05) is 33.9 Å². The molecule has 0 aromatic heterocycles. The lowest BCUT2D eigenvalue weighted by Crippen LogP contribution is -2.39. The van der Waals surface area contributed by atoms with E-state index in [0.717, 1.165) is 11.0 Å². The van der Waals surface area contributed by atoms with Crippen LogP contribution in [0.4, 0.5) is 5.69 Å². The molecule has 1 aromatic rings. The number of amides is 2. The van der Waals surface area contributed by atoms with E-state index in [9.17, 15) is 24.5 Å². The molecule has 1 N–H and O–H groups in total. The Hall–Kier alpha value is -3.17. The van der Waals surface area contributed by atoms with Crippen molar-refractivity contribution < 1.29 is 28.8 Å². The Morgan fingerprint density at radius 3 is 2.56 bits per heavy atom. The molecule has 25 heavy (non-hydrogen) atoms. The average molecular weight is 353 g/mol. The monoisotopic (exact) mass is 353 g/mol. The van der Waals surface area contributed by atoms with E-state index in [1.54, 1.807) is 6.92 Å². The van der Waals surface area contributed by atoms with E-state index in [1.807, 2.05) is 0 Å². The van der Waals surface area contributed by atoms with Crippen LogP contribution in [0.15, 0.2) is 18.2 Å². The van der Waals surface area contributed by atoms with Gasteiger partial charge >= 0.3 is 11.7 Å². The minimum Gasteiger partial charge on any atom is -0.487 e. The third kappa shape index (κ3) is 5.75. The van der Waals surface area contributed by atoms with Gasteiger partial charge in [0.15, 0.2) is 12.4 Å². The van der Waals surface area contributed by atoms with Crippen LogP contribution in [0.5, 0.6) is 5.75 Å². The molecular weight excluding hydrogens is 334 g/mol. The van der Waals surface area contributed by atoms with Gasteiger partial charge in [-0.05, 0) is 19.1 Å². The SMILES string of the molecule is CCOc1ccc(C(=O)OCC(=O)N(C)CC(=O)NC)cc1[N+](=O)[O-]. The molecule has 1 rings (SSSR count). The van der Waals surface area contributed by atoms with Crippen molar-refractivity contribution in [1.29, 1.82) is 0 Å². The van der Waals surface area contributed by atoms with E-state index in [0.29, 0.717) is 0 Å². The second kappa shape index (κ2) is 9.21. The van der Waals surface area contributed by atoms with Crippen molar-refractivity contribution in [2.24, 2.45) is 0 Å². The van der Waals surface area contributed by atoms with Gasteiger partial charge in [0.25, 0.3) is 5.91 Å². The summed E-state index contributed by atoms with van der Waals surface area (Å²) in [5.74, 6) is -1.82. The van der Waals surface area contributed by atoms with Gasteiger partial charge in [-0.1, -0.05) is 0 Å². The summed E-state index contributed by atoms with van der Waals surface area (Å²) >= 11 is 0. The zero-order valence-corrected chi connectivity index (χ0v) is 14.1. The molecule has 0 radical (unpaired) electrons. The second-order valence-electron chi connectivity index (χ2n) is 4.87. The highest BCUT2D eigenvalue weighted by Crippen LogP contribution is 2.28. The molecule has 0 atom stereocenters. The first kappa shape index (κ1) is 19.9. The lowest BCUT2D eigenvalue weighted by atomic mass is 10.2. The van der Waals surface area contributed by atoms with Gasteiger partial charge in [0.2, 0.25) is 5.91 Å². The van der Waals surface area contributed by atoms with E-state index < -0.39 is 23.4 Å². The molecule has 1 aromatic carbocycles. The van der Waals surface area contributed by atoms with Crippen molar-refractivity contribution in [1.82, 2.24) is 10.2 Å². The zero-order valence-electron chi connectivity index (χ0n) is 14.1. The lowest BCUT2D eigenvalue weighted by Gasteiger charge is -2.15. The van der Waals surface area contributed by atoms with E-state index in [1.165, 1.54) is 26.2 Å². The van der Waals surface area contributed by atoms with Crippen LogP contribution >= 0.6 is 0 Å². The number of nitro benzene ring substituents is 1. The number of likely N-dealkylation sites (N-methyl/N-ethyl adjacent to an activating group) is 2.